The van der Waals surface area contributed by atoms with E-state index in [9.17, 15) is 8.78 Å². The summed E-state index contributed by atoms with van der Waals surface area (Å²) in [6.45, 7) is 2.40. The van der Waals surface area contributed by atoms with E-state index in [0.29, 0.717) is 24.1 Å². The molecule has 130 valence electrons. The Labute approximate surface area is 143 Å². The molecule has 1 saturated heterocycles. The molecule has 1 aromatic heterocycles. The van der Waals surface area contributed by atoms with Gasteiger partial charge in [0.25, 0.3) is 0 Å². The molecule has 0 aliphatic carbocycles. The molecule has 4 rings (SSSR count). The summed E-state index contributed by atoms with van der Waals surface area (Å²) in [7, 11) is 0. The molecule has 1 aliphatic rings. The summed E-state index contributed by atoms with van der Waals surface area (Å²) in [6, 6.07) is 10.5. The van der Waals surface area contributed by atoms with Crippen LogP contribution in [0.15, 0.2) is 42.5 Å². The van der Waals surface area contributed by atoms with Gasteiger partial charge in [-0.2, -0.15) is 0 Å². The molecule has 7 heteroatoms. The Morgan fingerprint density at radius 2 is 2.12 bits per heavy atom. The number of benzene rings is 2. The van der Waals surface area contributed by atoms with Crippen molar-refractivity contribution in [1.29, 1.82) is 0 Å². The molecule has 3 aromatic rings. The van der Waals surface area contributed by atoms with Gasteiger partial charge in [0, 0.05) is 13.1 Å². The van der Waals surface area contributed by atoms with Crippen LogP contribution in [0, 0.1) is 11.6 Å². The number of aromatic nitrogens is 2. The van der Waals surface area contributed by atoms with Gasteiger partial charge in [-0.1, -0.05) is 12.1 Å². The van der Waals surface area contributed by atoms with E-state index in [-0.39, 0.29) is 24.3 Å². The maximum atomic E-state index is 14.2. The molecule has 1 atom stereocenters. The van der Waals surface area contributed by atoms with Gasteiger partial charge in [0.05, 0.1) is 17.5 Å². The number of para-hydroxylation sites is 1. The molecule has 2 heterocycles. The fourth-order valence-electron chi connectivity index (χ4n) is 2.88. The average molecular weight is 345 g/mol. The van der Waals surface area contributed by atoms with Crippen LogP contribution in [0.2, 0.25) is 0 Å². The summed E-state index contributed by atoms with van der Waals surface area (Å²) in [6.07, 6.45) is -0.101. The second-order valence-corrected chi connectivity index (χ2v) is 5.84. The molecular weight excluding hydrogens is 328 g/mol. The summed E-state index contributed by atoms with van der Waals surface area (Å²) in [5.41, 5.74) is 0.855. The monoisotopic (exact) mass is 345 g/mol. The predicted molar refractivity (Wildman–Crippen MR) is 89.1 cm³/mol. The van der Waals surface area contributed by atoms with E-state index in [4.69, 9.17) is 9.47 Å². The molecule has 0 amide bonds. The number of nitrogens with zero attached hydrogens (tertiary/aromatic N) is 2. The van der Waals surface area contributed by atoms with E-state index in [1.165, 1.54) is 22.9 Å². The lowest BCUT2D eigenvalue weighted by Crippen LogP contribution is -2.41. The van der Waals surface area contributed by atoms with Crippen LogP contribution >= 0.6 is 0 Å². The Morgan fingerprint density at radius 1 is 1.24 bits per heavy atom. The highest BCUT2D eigenvalue weighted by molar-refractivity contribution is 5.86. The van der Waals surface area contributed by atoms with Crippen LogP contribution in [0.4, 0.5) is 8.78 Å². The van der Waals surface area contributed by atoms with E-state index in [0.717, 1.165) is 6.54 Å². The van der Waals surface area contributed by atoms with Gasteiger partial charge in [-0.25, -0.2) is 13.5 Å². The van der Waals surface area contributed by atoms with Crippen LogP contribution in [-0.4, -0.2) is 42.2 Å². The molecule has 0 spiro atoms. The lowest BCUT2D eigenvalue weighted by molar-refractivity contribution is -0.000509. The van der Waals surface area contributed by atoms with Gasteiger partial charge in [-0.15, -0.1) is 5.10 Å². The quantitative estimate of drug-likeness (QED) is 0.790. The van der Waals surface area contributed by atoms with Crippen LogP contribution in [0.3, 0.4) is 0 Å². The fourth-order valence-corrected chi connectivity index (χ4v) is 2.88. The Hall–Kier alpha value is -2.51. The third-order valence-electron chi connectivity index (χ3n) is 4.10. The Kier molecular flexibility index (Phi) is 4.33. The zero-order valence-corrected chi connectivity index (χ0v) is 13.4. The van der Waals surface area contributed by atoms with E-state index in [2.05, 4.69) is 10.4 Å². The number of ether oxygens (including phenoxy) is 2. The first-order chi connectivity index (χ1) is 12.2. The van der Waals surface area contributed by atoms with Gasteiger partial charge in [0.1, 0.15) is 30.0 Å². The third-order valence-corrected chi connectivity index (χ3v) is 4.10. The first-order valence-electron chi connectivity index (χ1n) is 8.10. The van der Waals surface area contributed by atoms with E-state index >= 15 is 0 Å². The molecular formula is C18H17F2N3O2. The Bertz CT molecular complexity index is 891. The fraction of sp³-hybridized carbons (Fsp3) is 0.278. The van der Waals surface area contributed by atoms with E-state index in [1.54, 1.807) is 24.3 Å². The summed E-state index contributed by atoms with van der Waals surface area (Å²) in [5.74, 6) is -0.560. The van der Waals surface area contributed by atoms with Crippen molar-refractivity contribution in [3.8, 4) is 11.6 Å². The molecule has 0 radical (unpaired) electrons. The number of morpholine rings is 1. The summed E-state index contributed by atoms with van der Waals surface area (Å²) in [4.78, 5) is 0. The van der Waals surface area contributed by atoms with Crippen LogP contribution in [0.25, 0.3) is 16.6 Å². The maximum Gasteiger partial charge on any atom is 0.241 e. The van der Waals surface area contributed by atoms with Crippen molar-refractivity contribution in [2.45, 2.75) is 6.10 Å². The van der Waals surface area contributed by atoms with Crippen LogP contribution in [-0.2, 0) is 4.74 Å². The molecule has 0 saturated carbocycles. The lowest BCUT2D eigenvalue weighted by atomic mass is 10.2. The normalized spacial score (nSPS) is 17.8. The van der Waals surface area contributed by atoms with Crippen LogP contribution in [0.1, 0.15) is 0 Å². The van der Waals surface area contributed by atoms with Crippen molar-refractivity contribution in [3.05, 3.63) is 54.1 Å². The van der Waals surface area contributed by atoms with E-state index < -0.39 is 11.6 Å². The van der Waals surface area contributed by atoms with Crippen molar-refractivity contribution < 1.29 is 18.3 Å². The minimum absolute atomic E-state index is 0.101. The number of hydrogen-bond donors (Lipinski definition) is 1. The SMILES string of the molecule is Fc1ccc2c(c1)c(OCC1CNCCO1)nn2-c1ccccc1F. The Morgan fingerprint density at radius 3 is 2.92 bits per heavy atom. The van der Waals surface area contributed by atoms with Crippen molar-refractivity contribution in [3.63, 3.8) is 0 Å². The first kappa shape index (κ1) is 16.0. The zero-order valence-electron chi connectivity index (χ0n) is 13.4. The summed E-state index contributed by atoms with van der Waals surface area (Å²) in [5, 5.41) is 8.07. The molecule has 0 bridgehead atoms. The lowest BCUT2D eigenvalue weighted by Gasteiger charge is -2.23. The Balaban J connectivity index is 1.71. The third kappa shape index (κ3) is 3.20. The highest BCUT2D eigenvalue weighted by Crippen LogP contribution is 2.29. The zero-order chi connectivity index (χ0) is 17.2. The number of halogens is 2. The second-order valence-electron chi connectivity index (χ2n) is 5.84. The summed E-state index contributed by atoms with van der Waals surface area (Å²) < 4.78 is 40.7. The van der Waals surface area contributed by atoms with Crippen molar-refractivity contribution in [2.75, 3.05) is 26.3 Å². The molecule has 5 nitrogen and oxygen atoms in total. The van der Waals surface area contributed by atoms with Gasteiger partial charge >= 0.3 is 0 Å². The van der Waals surface area contributed by atoms with Gasteiger partial charge < -0.3 is 14.8 Å². The number of nitrogens with one attached hydrogen (secondary N) is 1. The second kappa shape index (κ2) is 6.78. The van der Waals surface area contributed by atoms with Gasteiger partial charge in [-0.05, 0) is 30.3 Å². The molecule has 1 aliphatic heterocycles. The van der Waals surface area contributed by atoms with Gasteiger partial charge in [0.15, 0.2) is 0 Å². The van der Waals surface area contributed by atoms with Gasteiger partial charge in [-0.3, -0.25) is 0 Å². The number of fused-ring (bicyclic) bond motifs is 1. The van der Waals surface area contributed by atoms with Crippen LogP contribution < -0.4 is 10.1 Å². The van der Waals surface area contributed by atoms with Crippen molar-refractivity contribution >= 4 is 10.9 Å². The highest BCUT2D eigenvalue weighted by Gasteiger charge is 2.19. The van der Waals surface area contributed by atoms with Crippen LogP contribution in [0.5, 0.6) is 5.88 Å². The summed E-state index contributed by atoms with van der Waals surface area (Å²) >= 11 is 0. The maximum absolute atomic E-state index is 14.2. The number of hydrogen-bond acceptors (Lipinski definition) is 4. The minimum atomic E-state index is -0.414. The molecule has 1 fully saturated rings. The van der Waals surface area contributed by atoms with Crippen molar-refractivity contribution in [1.82, 2.24) is 15.1 Å². The topological polar surface area (TPSA) is 48.3 Å². The molecule has 1 N–H and O–H groups in total. The minimum Gasteiger partial charge on any atom is -0.473 e. The molecule has 1 unspecified atom stereocenters. The average Bonchev–Trinajstić information content (AvgIpc) is 2.99. The smallest absolute Gasteiger partial charge is 0.241 e. The highest BCUT2D eigenvalue weighted by atomic mass is 19.1. The van der Waals surface area contributed by atoms with E-state index in [1.807, 2.05) is 0 Å². The number of rotatable bonds is 4. The molecule has 2 aromatic carbocycles. The van der Waals surface area contributed by atoms with Gasteiger partial charge in [0.2, 0.25) is 5.88 Å². The standard InChI is InChI=1S/C18H17F2N3O2/c19-12-5-6-16-14(9-12)18(25-11-13-10-21-7-8-24-13)22-23(16)17-4-2-1-3-15(17)20/h1-6,9,13,21H,7-8,10-11H2. The first-order valence-corrected chi connectivity index (χ1v) is 8.10. The largest absolute Gasteiger partial charge is 0.473 e. The van der Waals surface area contributed by atoms with Crippen molar-refractivity contribution in [2.24, 2.45) is 0 Å². The molecule has 25 heavy (non-hydrogen) atoms. The predicted octanol–water partition coefficient (Wildman–Crippen LogP) is 2.67.